The van der Waals surface area contributed by atoms with Gasteiger partial charge in [0.05, 0.1) is 12.3 Å². The highest BCUT2D eigenvalue weighted by Gasteiger charge is 2.05. The normalized spacial score (nSPS) is 10.5. The van der Waals surface area contributed by atoms with Gasteiger partial charge in [0.25, 0.3) is 0 Å². The van der Waals surface area contributed by atoms with E-state index >= 15 is 0 Å². The number of hydrogen-bond acceptors (Lipinski definition) is 4. The van der Waals surface area contributed by atoms with E-state index in [4.69, 9.17) is 9.47 Å². The van der Waals surface area contributed by atoms with Gasteiger partial charge in [0.2, 0.25) is 0 Å². The van der Waals surface area contributed by atoms with E-state index in [1.807, 2.05) is 26.0 Å². The number of nitrogens with zero attached hydrogens (tertiary/aromatic N) is 1. The summed E-state index contributed by atoms with van der Waals surface area (Å²) in [5, 5.41) is 3.26. The Bertz CT molecular complexity index is 329. The Morgan fingerprint density at radius 2 is 2.06 bits per heavy atom. The number of nitrogens with one attached hydrogen (secondary N) is 1. The zero-order chi connectivity index (χ0) is 12.5. The van der Waals surface area contributed by atoms with Gasteiger partial charge in [-0.25, -0.2) is 0 Å². The third kappa shape index (κ3) is 5.15. The molecule has 0 bridgehead atoms. The Morgan fingerprint density at radius 1 is 1.24 bits per heavy atom. The highest BCUT2D eigenvalue weighted by molar-refractivity contribution is 5.29. The number of pyridine rings is 1. The van der Waals surface area contributed by atoms with E-state index in [0.29, 0.717) is 13.2 Å². The molecule has 0 saturated carbocycles. The maximum absolute atomic E-state index is 5.66. The van der Waals surface area contributed by atoms with E-state index in [9.17, 15) is 0 Å². The van der Waals surface area contributed by atoms with Gasteiger partial charge in [0.15, 0.2) is 0 Å². The van der Waals surface area contributed by atoms with E-state index in [1.54, 1.807) is 0 Å². The van der Waals surface area contributed by atoms with Crippen LogP contribution in [-0.4, -0.2) is 31.3 Å². The minimum absolute atomic E-state index is 0.567. The molecular formula is C13H22N2O2. The molecule has 0 radical (unpaired) electrons. The standard InChI is InChI=1S/C13H22N2O2/c1-4-14-10-12-13(7-6-11(3)15-12)17-9-8-16-5-2/h6-7,14H,4-5,8-10H2,1-3H3. The van der Waals surface area contributed by atoms with Crippen LogP contribution >= 0.6 is 0 Å². The molecule has 4 heteroatoms. The minimum atomic E-state index is 0.567. The molecule has 17 heavy (non-hydrogen) atoms. The van der Waals surface area contributed by atoms with Gasteiger partial charge in [-0.2, -0.15) is 0 Å². The fourth-order valence-corrected chi connectivity index (χ4v) is 1.45. The predicted octanol–water partition coefficient (Wildman–Crippen LogP) is 1.91. The summed E-state index contributed by atoms with van der Waals surface area (Å²) in [6.07, 6.45) is 0. The number of hydrogen-bond donors (Lipinski definition) is 1. The fourth-order valence-electron chi connectivity index (χ4n) is 1.45. The maximum atomic E-state index is 5.66. The predicted molar refractivity (Wildman–Crippen MR) is 68.3 cm³/mol. The van der Waals surface area contributed by atoms with Crippen LogP contribution in [-0.2, 0) is 11.3 Å². The van der Waals surface area contributed by atoms with Crippen LogP contribution < -0.4 is 10.1 Å². The molecule has 0 fully saturated rings. The van der Waals surface area contributed by atoms with Crippen LogP contribution in [0.25, 0.3) is 0 Å². The van der Waals surface area contributed by atoms with E-state index in [0.717, 1.165) is 36.8 Å². The number of aromatic nitrogens is 1. The van der Waals surface area contributed by atoms with Crippen molar-refractivity contribution >= 4 is 0 Å². The molecule has 0 saturated heterocycles. The van der Waals surface area contributed by atoms with Gasteiger partial charge in [-0.05, 0) is 32.5 Å². The van der Waals surface area contributed by atoms with Gasteiger partial charge in [0, 0.05) is 18.8 Å². The first-order valence-electron chi connectivity index (χ1n) is 6.15. The molecule has 0 atom stereocenters. The second-order valence-corrected chi connectivity index (χ2v) is 3.72. The summed E-state index contributed by atoms with van der Waals surface area (Å²) in [6, 6.07) is 3.94. The molecule has 4 nitrogen and oxygen atoms in total. The highest BCUT2D eigenvalue weighted by atomic mass is 16.5. The van der Waals surface area contributed by atoms with Crippen molar-refractivity contribution in [1.29, 1.82) is 0 Å². The van der Waals surface area contributed by atoms with E-state index in [-0.39, 0.29) is 0 Å². The lowest BCUT2D eigenvalue weighted by molar-refractivity contribution is 0.109. The second kappa shape index (κ2) is 8.03. The van der Waals surface area contributed by atoms with Crippen LogP contribution in [0.2, 0.25) is 0 Å². The smallest absolute Gasteiger partial charge is 0.142 e. The second-order valence-electron chi connectivity index (χ2n) is 3.72. The Balaban J connectivity index is 2.55. The van der Waals surface area contributed by atoms with E-state index < -0.39 is 0 Å². The van der Waals surface area contributed by atoms with Gasteiger partial charge in [0.1, 0.15) is 12.4 Å². The maximum Gasteiger partial charge on any atom is 0.142 e. The Morgan fingerprint density at radius 3 is 2.76 bits per heavy atom. The largest absolute Gasteiger partial charge is 0.489 e. The first-order valence-corrected chi connectivity index (χ1v) is 6.15. The molecule has 0 spiro atoms. The van der Waals surface area contributed by atoms with Crippen molar-refractivity contribution < 1.29 is 9.47 Å². The summed E-state index contributed by atoms with van der Waals surface area (Å²) in [5.41, 5.74) is 1.97. The average molecular weight is 238 g/mol. The topological polar surface area (TPSA) is 43.4 Å². The molecule has 1 aromatic heterocycles. The lowest BCUT2D eigenvalue weighted by Gasteiger charge is -2.11. The number of rotatable bonds is 8. The quantitative estimate of drug-likeness (QED) is 0.703. The Kier molecular flexibility index (Phi) is 6.58. The molecule has 0 aliphatic carbocycles. The van der Waals surface area contributed by atoms with Gasteiger partial charge < -0.3 is 14.8 Å². The van der Waals surface area contributed by atoms with Gasteiger partial charge >= 0.3 is 0 Å². The molecule has 0 aliphatic rings. The van der Waals surface area contributed by atoms with Crippen LogP contribution in [0.4, 0.5) is 0 Å². The number of aryl methyl sites for hydroxylation is 1. The van der Waals surface area contributed by atoms with Crippen molar-refractivity contribution in [3.63, 3.8) is 0 Å². The molecule has 0 aliphatic heterocycles. The molecule has 0 aromatic carbocycles. The van der Waals surface area contributed by atoms with Crippen molar-refractivity contribution in [2.24, 2.45) is 0 Å². The van der Waals surface area contributed by atoms with Crippen molar-refractivity contribution in [3.05, 3.63) is 23.5 Å². The molecule has 96 valence electrons. The van der Waals surface area contributed by atoms with Crippen LogP contribution in [0.1, 0.15) is 25.2 Å². The van der Waals surface area contributed by atoms with Crippen LogP contribution in [0.5, 0.6) is 5.75 Å². The van der Waals surface area contributed by atoms with Crippen LogP contribution in [0, 0.1) is 6.92 Å². The van der Waals surface area contributed by atoms with Crippen LogP contribution in [0.15, 0.2) is 12.1 Å². The molecule has 1 N–H and O–H groups in total. The van der Waals surface area contributed by atoms with Gasteiger partial charge in [-0.1, -0.05) is 6.92 Å². The first-order chi connectivity index (χ1) is 8.27. The Hall–Kier alpha value is -1.13. The van der Waals surface area contributed by atoms with E-state index in [1.165, 1.54) is 0 Å². The molecule has 1 rings (SSSR count). The SMILES string of the molecule is CCNCc1nc(C)ccc1OCCOCC. The highest BCUT2D eigenvalue weighted by Crippen LogP contribution is 2.16. The average Bonchev–Trinajstić information content (AvgIpc) is 2.34. The summed E-state index contributed by atoms with van der Waals surface area (Å²) >= 11 is 0. The number of ether oxygens (including phenoxy) is 2. The zero-order valence-electron chi connectivity index (χ0n) is 11.0. The molecule has 0 unspecified atom stereocenters. The van der Waals surface area contributed by atoms with Gasteiger partial charge in [-0.15, -0.1) is 0 Å². The summed E-state index contributed by atoms with van der Waals surface area (Å²) in [6.45, 7) is 9.60. The summed E-state index contributed by atoms with van der Waals surface area (Å²) in [5.74, 6) is 0.844. The minimum Gasteiger partial charge on any atom is -0.489 e. The molecule has 1 aromatic rings. The third-order valence-electron chi connectivity index (χ3n) is 2.30. The summed E-state index contributed by atoms with van der Waals surface area (Å²) in [7, 11) is 0. The van der Waals surface area contributed by atoms with Crippen LogP contribution in [0.3, 0.4) is 0 Å². The fraction of sp³-hybridized carbons (Fsp3) is 0.615. The zero-order valence-corrected chi connectivity index (χ0v) is 11.0. The van der Waals surface area contributed by atoms with E-state index in [2.05, 4.69) is 17.2 Å². The molecule has 1 heterocycles. The lowest BCUT2D eigenvalue weighted by Crippen LogP contribution is -2.15. The van der Waals surface area contributed by atoms with Crippen molar-refractivity contribution in [1.82, 2.24) is 10.3 Å². The monoisotopic (exact) mass is 238 g/mol. The summed E-state index contributed by atoms with van der Waals surface area (Å²) < 4.78 is 10.9. The molecular weight excluding hydrogens is 216 g/mol. The summed E-state index contributed by atoms with van der Waals surface area (Å²) in [4.78, 5) is 4.48. The van der Waals surface area contributed by atoms with Crippen molar-refractivity contribution in [3.8, 4) is 5.75 Å². The Labute approximate surface area is 103 Å². The van der Waals surface area contributed by atoms with Crippen molar-refractivity contribution in [2.45, 2.75) is 27.3 Å². The molecule has 0 amide bonds. The van der Waals surface area contributed by atoms with Gasteiger partial charge in [-0.3, -0.25) is 4.98 Å². The lowest BCUT2D eigenvalue weighted by atomic mass is 10.3. The third-order valence-corrected chi connectivity index (χ3v) is 2.30. The van der Waals surface area contributed by atoms with Crippen molar-refractivity contribution in [2.75, 3.05) is 26.4 Å². The first kappa shape index (κ1) is 13.9.